The number of anilines is 1. The molecule has 1 amide bonds. The van der Waals surface area contributed by atoms with Crippen LogP contribution in [0.4, 0.5) is 5.69 Å². The monoisotopic (exact) mass is 243 g/mol. The first-order valence-corrected chi connectivity index (χ1v) is 5.98. The van der Waals surface area contributed by atoms with Gasteiger partial charge in [-0.1, -0.05) is 0 Å². The highest BCUT2D eigenvalue weighted by molar-refractivity contribution is 7.89. The Kier molecular flexibility index (Phi) is 3.51. The fourth-order valence-corrected chi connectivity index (χ4v) is 2.22. The second-order valence-electron chi connectivity index (χ2n) is 3.31. The van der Waals surface area contributed by atoms with E-state index < -0.39 is 22.0 Å². The third-order valence-corrected chi connectivity index (χ3v) is 3.51. The molecule has 1 rings (SSSR count). The van der Waals surface area contributed by atoms with Crippen LogP contribution in [-0.4, -0.2) is 20.4 Å². The lowest BCUT2D eigenvalue weighted by Crippen LogP contribution is -2.42. The van der Waals surface area contributed by atoms with Crippen molar-refractivity contribution in [2.24, 2.45) is 5.73 Å². The number of benzene rings is 1. The van der Waals surface area contributed by atoms with Crippen molar-refractivity contribution >= 4 is 21.6 Å². The van der Waals surface area contributed by atoms with Crippen LogP contribution in [0.25, 0.3) is 0 Å². The number of carbonyl (C=O) groups is 1. The van der Waals surface area contributed by atoms with Crippen LogP contribution < -0.4 is 16.2 Å². The number of nitrogens with two attached hydrogens (primary N) is 2. The number of carbonyl (C=O) groups excluding carboxylic acids is 1. The molecular weight excluding hydrogens is 230 g/mol. The lowest BCUT2D eigenvalue weighted by Gasteiger charge is -2.10. The van der Waals surface area contributed by atoms with Gasteiger partial charge in [-0.25, -0.2) is 8.42 Å². The molecular formula is C9H13N3O3S. The van der Waals surface area contributed by atoms with Crippen LogP contribution in [0, 0.1) is 0 Å². The summed E-state index contributed by atoms with van der Waals surface area (Å²) in [4.78, 5) is 10.8. The molecule has 0 radical (unpaired) electrons. The van der Waals surface area contributed by atoms with E-state index in [0.717, 1.165) is 0 Å². The molecule has 0 saturated carbocycles. The van der Waals surface area contributed by atoms with Crippen molar-refractivity contribution in [2.45, 2.75) is 17.9 Å². The van der Waals surface area contributed by atoms with Crippen molar-refractivity contribution in [1.82, 2.24) is 4.72 Å². The third kappa shape index (κ3) is 2.94. The number of primary amides is 1. The molecule has 0 unspecified atom stereocenters. The van der Waals surface area contributed by atoms with Crippen molar-refractivity contribution in [3.8, 4) is 0 Å². The molecule has 0 aliphatic rings. The van der Waals surface area contributed by atoms with Gasteiger partial charge in [-0.15, -0.1) is 0 Å². The summed E-state index contributed by atoms with van der Waals surface area (Å²) >= 11 is 0. The van der Waals surface area contributed by atoms with Gasteiger partial charge in [0.2, 0.25) is 15.9 Å². The first kappa shape index (κ1) is 12.5. The Balaban J connectivity index is 2.94. The van der Waals surface area contributed by atoms with E-state index in [0.29, 0.717) is 5.69 Å². The molecule has 6 nitrogen and oxygen atoms in total. The van der Waals surface area contributed by atoms with Crippen molar-refractivity contribution in [2.75, 3.05) is 5.73 Å². The van der Waals surface area contributed by atoms with Gasteiger partial charge in [0.05, 0.1) is 10.9 Å². The van der Waals surface area contributed by atoms with Crippen molar-refractivity contribution in [1.29, 1.82) is 0 Å². The summed E-state index contributed by atoms with van der Waals surface area (Å²) in [5.41, 5.74) is 10.8. The molecule has 16 heavy (non-hydrogen) atoms. The molecule has 88 valence electrons. The SMILES string of the molecule is C[C@H](NS(=O)(=O)c1ccc(N)cc1)C(N)=O. The number of rotatable bonds is 4. The zero-order chi connectivity index (χ0) is 12.3. The predicted molar refractivity (Wildman–Crippen MR) is 59.8 cm³/mol. The van der Waals surface area contributed by atoms with E-state index in [1.807, 2.05) is 0 Å². The van der Waals surface area contributed by atoms with Crippen LogP contribution in [0.5, 0.6) is 0 Å². The molecule has 7 heteroatoms. The van der Waals surface area contributed by atoms with E-state index in [1.165, 1.54) is 31.2 Å². The Morgan fingerprint density at radius 3 is 2.25 bits per heavy atom. The second kappa shape index (κ2) is 4.50. The van der Waals surface area contributed by atoms with Gasteiger partial charge < -0.3 is 11.5 Å². The van der Waals surface area contributed by atoms with Gasteiger partial charge in [-0.3, -0.25) is 4.79 Å². The number of sulfonamides is 1. The minimum atomic E-state index is -3.73. The molecule has 0 aromatic heterocycles. The molecule has 0 heterocycles. The highest BCUT2D eigenvalue weighted by atomic mass is 32.2. The van der Waals surface area contributed by atoms with E-state index in [4.69, 9.17) is 11.5 Å². The van der Waals surface area contributed by atoms with Gasteiger partial charge in [0, 0.05) is 5.69 Å². The number of amides is 1. The molecule has 0 bridgehead atoms. The summed E-state index contributed by atoms with van der Waals surface area (Å²) in [7, 11) is -3.73. The largest absolute Gasteiger partial charge is 0.399 e. The van der Waals surface area contributed by atoms with Crippen LogP contribution in [-0.2, 0) is 14.8 Å². The molecule has 0 spiro atoms. The number of nitrogens with one attached hydrogen (secondary N) is 1. The van der Waals surface area contributed by atoms with Crippen molar-refractivity contribution < 1.29 is 13.2 Å². The van der Waals surface area contributed by atoms with E-state index in [1.54, 1.807) is 0 Å². The topological polar surface area (TPSA) is 115 Å². The maximum Gasteiger partial charge on any atom is 0.241 e. The standard InChI is InChI=1S/C9H13N3O3S/c1-6(9(11)13)12-16(14,15)8-4-2-7(10)3-5-8/h2-6,12H,10H2,1H3,(H2,11,13)/t6-/m0/s1. The maximum atomic E-state index is 11.7. The Morgan fingerprint density at radius 1 is 1.31 bits per heavy atom. The van der Waals surface area contributed by atoms with Crippen LogP contribution >= 0.6 is 0 Å². The molecule has 0 aliphatic carbocycles. The molecule has 5 N–H and O–H groups in total. The lowest BCUT2D eigenvalue weighted by molar-refractivity contribution is -0.119. The highest BCUT2D eigenvalue weighted by Gasteiger charge is 2.19. The van der Waals surface area contributed by atoms with E-state index in [2.05, 4.69) is 4.72 Å². The summed E-state index contributed by atoms with van der Waals surface area (Å²) < 4.78 is 25.5. The minimum Gasteiger partial charge on any atom is -0.399 e. The van der Waals surface area contributed by atoms with Gasteiger partial charge in [0.15, 0.2) is 0 Å². The zero-order valence-electron chi connectivity index (χ0n) is 8.67. The Hall–Kier alpha value is -1.60. The highest BCUT2D eigenvalue weighted by Crippen LogP contribution is 2.11. The molecule has 0 aliphatic heterocycles. The first-order chi connectivity index (χ1) is 7.33. The third-order valence-electron chi connectivity index (χ3n) is 1.95. The van der Waals surface area contributed by atoms with E-state index >= 15 is 0 Å². The van der Waals surface area contributed by atoms with Gasteiger partial charge in [-0.2, -0.15) is 4.72 Å². The fraction of sp³-hybridized carbons (Fsp3) is 0.222. The Morgan fingerprint density at radius 2 is 1.81 bits per heavy atom. The van der Waals surface area contributed by atoms with Crippen molar-refractivity contribution in [3.63, 3.8) is 0 Å². The van der Waals surface area contributed by atoms with Crippen LogP contribution in [0.3, 0.4) is 0 Å². The minimum absolute atomic E-state index is 0.0369. The average molecular weight is 243 g/mol. The van der Waals surface area contributed by atoms with E-state index in [9.17, 15) is 13.2 Å². The molecule has 1 aromatic carbocycles. The molecule has 1 aromatic rings. The summed E-state index contributed by atoms with van der Waals surface area (Å²) in [6.45, 7) is 1.37. The van der Waals surface area contributed by atoms with E-state index in [-0.39, 0.29) is 4.90 Å². The summed E-state index contributed by atoms with van der Waals surface area (Å²) in [5.74, 6) is -0.737. The molecule has 0 fully saturated rings. The summed E-state index contributed by atoms with van der Waals surface area (Å²) in [6, 6.07) is 4.67. The smallest absolute Gasteiger partial charge is 0.241 e. The lowest BCUT2D eigenvalue weighted by atomic mass is 10.3. The van der Waals surface area contributed by atoms with Gasteiger partial charge in [-0.05, 0) is 31.2 Å². The summed E-state index contributed by atoms with van der Waals surface area (Å²) in [5, 5.41) is 0. The van der Waals surface area contributed by atoms with Crippen LogP contribution in [0.1, 0.15) is 6.92 Å². The summed E-state index contributed by atoms with van der Waals surface area (Å²) in [6.07, 6.45) is 0. The normalized spacial score (nSPS) is 13.3. The van der Waals surface area contributed by atoms with Crippen molar-refractivity contribution in [3.05, 3.63) is 24.3 Å². The van der Waals surface area contributed by atoms with Gasteiger partial charge in [0.1, 0.15) is 0 Å². The average Bonchev–Trinajstić information content (AvgIpc) is 2.17. The Bertz CT molecular complexity index is 481. The molecule has 1 atom stereocenters. The Labute approximate surface area is 93.7 Å². The van der Waals surface area contributed by atoms with Gasteiger partial charge in [0.25, 0.3) is 0 Å². The second-order valence-corrected chi connectivity index (χ2v) is 5.03. The zero-order valence-corrected chi connectivity index (χ0v) is 9.49. The molecule has 0 saturated heterocycles. The van der Waals surface area contributed by atoms with Crippen LogP contribution in [0.2, 0.25) is 0 Å². The van der Waals surface area contributed by atoms with Crippen LogP contribution in [0.15, 0.2) is 29.2 Å². The number of nitrogen functional groups attached to an aromatic ring is 1. The predicted octanol–water partition coefficient (Wildman–Crippen LogP) is -0.579. The quantitative estimate of drug-likeness (QED) is 0.613. The maximum absolute atomic E-state index is 11.7. The number of hydrogen-bond donors (Lipinski definition) is 3. The fourth-order valence-electron chi connectivity index (χ4n) is 1.01. The van der Waals surface area contributed by atoms with Gasteiger partial charge >= 0.3 is 0 Å². The first-order valence-electron chi connectivity index (χ1n) is 4.50. The number of hydrogen-bond acceptors (Lipinski definition) is 4.